The Labute approximate surface area is 167 Å². The van der Waals surface area contributed by atoms with E-state index in [1.54, 1.807) is 0 Å². The molecule has 2 aromatic carbocycles. The number of nitrogens with zero attached hydrogens (tertiary/aromatic N) is 2. The summed E-state index contributed by atoms with van der Waals surface area (Å²) in [5, 5.41) is 11.8. The zero-order valence-electron chi connectivity index (χ0n) is 15.3. The summed E-state index contributed by atoms with van der Waals surface area (Å²) in [7, 11) is 0. The summed E-state index contributed by atoms with van der Waals surface area (Å²) < 4.78 is 5.97. The molecule has 0 radical (unpaired) electrons. The highest BCUT2D eigenvalue weighted by Gasteiger charge is 2.36. The van der Waals surface area contributed by atoms with Crippen LogP contribution in [0.3, 0.4) is 0 Å². The molecule has 1 amide bonds. The number of hydrogen-bond acceptors (Lipinski definition) is 6. The second kappa shape index (κ2) is 6.68. The number of nitrogens with one attached hydrogen (secondary N) is 3. The maximum absolute atomic E-state index is 12.2. The van der Waals surface area contributed by atoms with Gasteiger partial charge < -0.3 is 20.3 Å². The molecular weight excluding hydrogens is 378 g/mol. The van der Waals surface area contributed by atoms with Crippen molar-refractivity contribution < 1.29 is 9.53 Å². The molecule has 1 atom stereocenters. The molecule has 0 bridgehead atoms. The average molecular weight is 398 g/mol. The number of amidine groups is 1. The van der Waals surface area contributed by atoms with E-state index in [4.69, 9.17) is 16.3 Å². The van der Waals surface area contributed by atoms with Crippen LogP contribution in [0.1, 0.15) is 6.92 Å². The molecule has 2 aromatic rings. The third-order valence-electron chi connectivity index (χ3n) is 5.35. The van der Waals surface area contributed by atoms with Gasteiger partial charge in [0.15, 0.2) is 5.84 Å². The van der Waals surface area contributed by atoms with E-state index >= 15 is 0 Å². The van der Waals surface area contributed by atoms with Crippen molar-refractivity contribution in [3.05, 3.63) is 41.4 Å². The highest BCUT2D eigenvalue weighted by atomic mass is 35.5. The lowest BCUT2D eigenvalue weighted by Crippen LogP contribution is -2.55. The monoisotopic (exact) mass is 397 g/mol. The molecule has 3 aliphatic rings. The number of anilines is 2. The number of hydrogen-bond donors (Lipinski definition) is 3. The van der Waals surface area contributed by atoms with E-state index in [-0.39, 0.29) is 11.9 Å². The highest BCUT2D eigenvalue weighted by Crippen LogP contribution is 2.43. The smallest absolute Gasteiger partial charge is 0.262 e. The third-order valence-corrected chi connectivity index (χ3v) is 5.60. The fourth-order valence-corrected chi connectivity index (χ4v) is 3.80. The minimum Gasteiger partial charge on any atom is -0.483 e. The summed E-state index contributed by atoms with van der Waals surface area (Å²) in [4.78, 5) is 14.1. The summed E-state index contributed by atoms with van der Waals surface area (Å²) >= 11 is 6.07. The van der Waals surface area contributed by atoms with Crippen molar-refractivity contribution in [1.82, 2.24) is 10.7 Å². The minimum absolute atomic E-state index is 0.129. The summed E-state index contributed by atoms with van der Waals surface area (Å²) in [6.07, 6.45) is 0. The molecule has 0 aromatic heterocycles. The Hall–Kier alpha value is -2.77. The second-order valence-corrected chi connectivity index (χ2v) is 7.65. The average Bonchev–Trinajstić information content (AvgIpc) is 2.67. The van der Waals surface area contributed by atoms with Gasteiger partial charge in [0.2, 0.25) is 0 Å². The van der Waals surface area contributed by atoms with Gasteiger partial charge in [-0.05, 0) is 36.8 Å². The van der Waals surface area contributed by atoms with Crippen LogP contribution >= 0.6 is 11.6 Å². The van der Waals surface area contributed by atoms with Crippen LogP contribution in [0.2, 0.25) is 5.02 Å². The molecule has 28 heavy (non-hydrogen) atoms. The van der Waals surface area contributed by atoms with Crippen LogP contribution in [-0.2, 0) is 4.79 Å². The first-order valence-corrected chi connectivity index (χ1v) is 9.67. The predicted octanol–water partition coefficient (Wildman–Crippen LogP) is 2.42. The Bertz CT molecular complexity index is 971. The topological polar surface area (TPSA) is 78.0 Å². The van der Waals surface area contributed by atoms with Crippen molar-refractivity contribution in [2.45, 2.75) is 19.0 Å². The maximum Gasteiger partial charge on any atom is 0.262 e. The fourth-order valence-electron chi connectivity index (χ4n) is 3.67. The lowest BCUT2D eigenvalue weighted by molar-refractivity contribution is -0.122. The summed E-state index contributed by atoms with van der Waals surface area (Å²) in [6.45, 7) is 4.03. The lowest BCUT2D eigenvalue weighted by atomic mass is 9.99. The zero-order chi connectivity index (χ0) is 19.3. The van der Waals surface area contributed by atoms with Gasteiger partial charge in [0, 0.05) is 29.4 Å². The van der Waals surface area contributed by atoms with E-state index in [0.29, 0.717) is 23.5 Å². The highest BCUT2D eigenvalue weighted by molar-refractivity contribution is 6.30. The number of ether oxygens (including phenoxy) is 1. The molecule has 1 unspecified atom stereocenters. The van der Waals surface area contributed by atoms with Crippen LogP contribution in [-0.4, -0.2) is 43.5 Å². The van der Waals surface area contributed by atoms with E-state index in [1.165, 1.54) is 0 Å². The Morgan fingerprint density at radius 3 is 2.75 bits per heavy atom. The van der Waals surface area contributed by atoms with Crippen LogP contribution in [0, 0.1) is 0 Å². The minimum atomic E-state index is -0.352. The van der Waals surface area contributed by atoms with E-state index < -0.39 is 0 Å². The molecule has 3 N–H and O–H groups in total. The molecule has 1 fully saturated rings. The van der Waals surface area contributed by atoms with Gasteiger partial charge in [-0.25, -0.2) is 5.43 Å². The SMILES string of the molecule is CC1C(=O)NN=C2COc3cc(-c4ccc(Cl)cc4)c(NC4CNC4)cc3N21. The van der Waals surface area contributed by atoms with Crippen molar-refractivity contribution in [3.63, 3.8) is 0 Å². The molecule has 5 rings (SSSR count). The molecule has 0 saturated carbocycles. The second-order valence-electron chi connectivity index (χ2n) is 7.21. The first kappa shape index (κ1) is 17.3. The van der Waals surface area contributed by atoms with Crippen LogP contribution < -0.4 is 25.7 Å². The normalized spacial score (nSPS) is 20.9. The molecule has 0 spiro atoms. The molecule has 144 valence electrons. The van der Waals surface area contributed by atoms with Crippen molar-refractivity contribution >= 4 is 34.7 Å². The first-order valence-electron chi connectivity index (χ1n) is 9.30. The first-order chi connectivity index (χ1) is 13.6. The number of rotatable bonds is 3. The van der Waals surface area contributed by atoms with Gasteiger partial charge in [-0.3, -0.25) is 4.79 Å². The number of hydrazone groups is 1. The molecular formula is C20H20ClN5O2. The van der Waals surface area contributed by atoms with Crippen molar-refractivity contribution in [2.24, 2.45) is 5.10 Å². The molecule has 3 aliphatic heterocycles. The van der Waals surface area contributed by atoms with Crippen molar-refractivity contribution in [2.75, 3.05) is 29.9 Å². The van der Waals surface area contributed by atoms with Crippen molar-refractivity contribution in [1.29, 1.82) is 0 Å². The molecule has 8 heteroatoms. The molecule has 7 nitrogen and oxygen atoms in total. The van der Waals surface area contributed by atoms with Crippen molar-refractivity contribution in [3.8, 4) is 16.9 Å². The number of benzene rings is 2. The van der Waals surface area contributed by atoms with Gasteiger partial charge in [0.1, 0.15) is 18.4 Å². The Kier molecular flexibility index (Phi) is 4.14. The maximum atomic E-state index is 12.2. The molecule has 0 aliphatic carbocycles. The summed E-state index contributed by atoms with van der Waals surface area (Å²) in [6, 6.07) is 11.9. The molecule has 1 saturated heterocycles. The van der Waals surface area contributed by atoms with E-state index in [0.717, 1.165) is 41.3 Å². The van der Waals surface area contributed by atoms with Crippen LogP contribution in [0.15, 0.2) is 41.5 Å². The Morgan fingerprint density at radius 1 is 1.25 bits per heavy atom. The Balaban J connectivity index is 1.63. The van der Waals surface area contributed by atoms with Gasteiger partial charge in [0.25, 0.3) is 5.91 Å². The standard InChI is InChI=1S/C20H20ClN5O2/c1-11-20(27)25-24-19-10-28-18-6-15(12-2-4-13(21)5-3-12)16(7-17(18)26(11)19)23-14-8-22-9-14/h2-7,11,14,22-23H,8-10H2,1H3,(H,25,27). The Morgan fingerprint density at radius 2 is 2.04 bits per heavy atom. The number of fused-ring (bicyclic) bond motifs is 3. The predicted molar refractivity (Wildman–Crippen MR) is 110 cm³/mol. The van der Waals surface area contributed by atoms with E-state index in [1.807, 2.05) is 42.2 Å². The largest absolute Gasteiger partial charge is 0.483 e. The number of carbonyl (C=O) groups is 1. The zero-order valence-corrected chi connectivity index (χ0v) is 16.1. The van der Waals surface area contributed by atoms with Gasteiger partial charge in [0.05, 0.1) is 11.7 Å². The number of amides is 1. The third kappa shape index (κ3) is 2.87. The van der Waals surface area contributed by atoms with Gasteiger partial charge in [-0.15, -0.1) is 0 Å². The van der Waals surface area contributed by atoms with E-state index in [9.17, 15) is 4.79 Å². The molecule has 3 heterocycles. The van der Waals surface area contributed by atoms with Gasteiger partial charge in [-0.1, -0.05) is 23.7 Å². The number of halogens is 1. The van der Waals surface area contributed by atoms with Crippen LogP contribution in [0.25, 0.3) is 11.1 Å². The van der Waals surface area contributed by atoms with Gasteiger partial charge in [-0.2, -0.15) is 5.10 Å². The fraction of sp³-hybridized carbons (Fsp3) is 0.300. The van der Waals surface area contributed by atoms with Crippen LogP contribution in [0.5, 0.6) is 5.75 Å². The quantitative estimate of drug-likeness (QED) is 0.741. The lowest BCUT2D eigenvalue weighted by Gasteiger charge is -2.39. The summed E-state index contributed by atoms with van der Waals surface area (Å²) in [5.41, 5.74) is 6.49. The van der Waals surface area contributed by atoms with E-state index in [2.05, 4.69) is 27.2 Å². The van der Waals surface area contributed by atoms with Crippen LogP contribution in [0.4, 0.5) is 11.4 Å². The van der Waals surface area contributed by atoms with Gasteiger partial charge >= 0.3 is 0 Å². The number of carbonyl (C=O) groups excluding carboxylic acids is 1. The summed E-state index contributed by atoms with van der Waals surface area (Å²) in [5.74, 6) is 1.31.